The van der Waals surface area contributed by atoms with Crippen LogP contribution in [0.4, 0.5) is 0 Å². The van der Waals surface area contributed by atoms with Crippen LogP contribution < -0.4 is 10.6 Å². The molecule has 2 unspecified atom stereocenters. The summed E-state index contributed by atoms with van der Waals surface area (Å²) in [5, 5.41) is 20.8. The zero-order chi connectivity index (χ0) is 14.0. The number of H-pyrrole nitrogens is 1. The van der Waals surface area contributed by atoms with E-state index >= 15 is 0 Å². The van der Waals surface area contributed by atoms with E-state index in [-0.39, 0.29) is 4.87 Å². The maximum atomic E-state index is 11.0. The molecule has 0 aliphatic carbocycles. The minimum atomic E-state index is -1.65. The van der Waals surface area contributed by atoms with Gasteiger partial charge in [-0.2, -0.15) is 0 Å². The van der Waals surface area contributed by atoms with Crippen molar-refractivity contribution < 1.29 is 15.0 Å². The van der Waals surface area contributed by atoms with Gasteiger partial charge in [-0.25, -0.2) is 0 Å². The van der Waals surface area contributed by atoms with Crippen LogP contribution in [0.1, 0.15) is 11.7 Å². The predicted octanol–water partition coefficient (Wildman–Crippen LogP) is -0.0170. The van der Waals surface area contributed by atoms with Crippen molar-refractivity contribution in [1.82, 2.24) is 4.98 Å². The fourth-order valence-electron chi connectivity index (χ4n) is 1.62. The van der Waals surface area contributed by atoms with E-state index in [1.54, 1.807) is 29.6 Å². The molecule has 19 heavy (non-hydrogen) atoms. The Morgan fingerprint density at radius 1 is 1.26 bits per heavy atom. The number of carbonyl (C=O) groups excluding carboxylic acids is 1. The Balaban J connectivity index is 2.23. The van der Waals surface area contributed by atoms with Crippen LogP contribution in [0.3, 0.4) is 0 Å². The van der Waals surface area contributed by atoms with Crippen LogP contribution in [0, 0.1) is 0 Å². The molecule has 0 spiro atoms. The molecule has 0 bridgehead atoms. The third-order valence-electron chi connectivity index (χ3n) is 2.67. The van der Waals surface area contributed by atoms with Crippen molar-refractivity contribution in [2.24, 2.45) is 5.73 Å². The molecule has 0 saturated carbocycles. The first kappa shape index (κ1) is 13.5. The summed E-state index contributed by atoms with van der Waals surface area (Å²) in [6.45, 7) is 0. The quantitative estimate of drug-likeness (QED) is 0.630. The van der Waals surface area contributed by atoms with E-state index in [9.17, 15) is 19.8 Å². The van der Waals surface area contributed by atoms with Gasteiger partial charge in [0.05, 0.1) is 5.69 Å². The number of primary amides is 1. The van der Waals surface area contributed by atoms with Gasteiger partial charge in [-0.05, 0) is 11.1 Å². The first-order valence-electron chi connectivity index (χ1n) is 5.42. The third kappa shape index (κ3) is 2.90. The standard InChI is InChI=1S/C12H12N2O4S/c13-11(17)10(16)9(15)7-3-1-6(2-4-7)8-5-19-12(18)14-8/h1-5,9-10,15-16H,(H2,13,17)(H,14,18). The second-order valence-corrected chi connectivity index (χ2v) is 4.82. The number of benzene rings is 1. The second kappa shape index (κ2) is 5.35. The van der Waals surface area contributed by atoms with Crippen molar-refractivity contribution in [2.75, 3.05) is 0 Å². The maximum absolute atomic E-state index is 11.0. The van der Waals surface area contributed by atoms with Gasteiger partial charge >= 0.3 is 4.87 Å². The van der Waals surface area contributed by atoms with Crippen molar-refractivity contribution in [3.63, 3.8) is 0 Å². The number of nitrogens with two attached hydrogens (primary N) is 1. The summed E-state index contributed by atoms with van der Waals surface area (Å²) >= 11 is 1.06. The van der Waals surface area contributed by atoms with E-state index in [1.807, 2.05) is 0 Å². The van der Waals surface area contributed by atoms with Gasteiger partial charge in [0.15, 0.2) is 6.10 Å². The molecule has 1 aromatic carbocycles. The van der Waals surface area contributed by atoms with Crippen molar-refractivity contribution in [3.05, 3.63) is 44.9 Å². The number of aliphatic hydroxyl groups excluding tert-OH is 2. The van der Waals surface area contributed by atoms with Crippen LogP contribution in [-0.2, 0) is 4.79 Å². The largest absolute Gasteiger partial charge is 0.385 e. The normalized spacial score (nSPS) is 14.0. The number of rotatable bonds is 4. The lowest BCUT2D eigenvalue weighted by molar-refractivity contribution is -0.131. The summed E-state index contributed by atoms with van der Waals surface area (Å²) in [5.41, 5.74) is 6.72. The average molecular weight is 280 g/mol. The Morgan fingerprint density at radius 2 is 1.89 bits per heavy atom. The molecule has 0 aliphatic rings. The van der Waals surface area contributed by atoms with Gasteiger partial charge in [-0.3, -0.25) is 9.59 Å². The van der Waals surface area contributed by atoms with E-state index in [1.165, 1.54) is 0 Å². The fourth-order valence-corrected chi connectivity index (χ4v) is 2.21. The molecule has 0 aliphatic heterocycles. The maximum Gasteiger partial charge on any atom is 0.304 e. The molecule has 1 aromatic heterocycles. The highest BCUT2D eigenvalue weighted by Gasteiger charge is 2.23. The molecule has 2 rings (SSSR count). The van der Waals surface area contributed by atoms with E-state index in [4.69, 9.17) is 5.73 Å². The Bertz CT molecular complexity index is 632. The lowest BCUT2D eigenvalue weighted by Gasteiger charge is -2.15. The van der Waals surface area contributed by atoms with E-state index < -0.39 is 18.1 Å². The van der Waals surface area contributed by atoms with Crippen LogP contribution in [0.25, 0.3) is 11.3 Å². The minimum Gasteiger partial charge on any atom is -0.385 e. The second-order valence-electron chi connectivity index (χ2n) is 3.98. The molecule has 2 aromatic rings. The van der Waals surface area contributed by atoms with Crippen LogP contribution in [0.5, 0.6) is 0 Å². The van der Waals surface area contributed by atoms with Gasteiger partial charge in [-0.1, -0.05) is 35.6 Å². The lowest BCUT2D eigenvalue weighted by atomic mass is 10.0. The topological polar surface area (TPSA) is 116 Å². The highest BCUT2D eigenvalue weighted by molar-refractivity contribution is 7.07. The SMILES string of the molecule is NC(=O)C(O)C(O)c1ccc(-c2csc(=O)[nH]2)cc1. The van der Waals surface area contributed by atoms with Gasteiger partial charge in [0.2, 0.25) is 5.91 Å². The zero-order valence-electron chi connectivity index (χ0n) is 9.74. The van der Waals surface area contributed by atoms with Gasteiger partial charge in [0, 0.05) is 5.38 Å². The average Bonchev–Trinajstić information content (AvgIpc) is 2.84. The lowest BCUT2D eigenvalue weighted by Crippen LogP contribution is -2.33. The minimum absolute atomic E-state index is 0.150. The monoisotopic (exact) mass is 280 g/mol. The third-order valence-corrected chi connectivity index (χ3v) is 3.34. The molecule has 6 nitrogen and oxygen atoms in total. The number of aliphatic hydroxyl groups is 2. The highest BCUT2D eigenvalue weighted by atomic mass is 32.1. The number of aromatic amines is 1. The Kier molecular flexibility index (Phi) is 3.79. The summed E-state index contributed by atoms with van der Waals surface area (Å²) in [6.07, 6.45) is -3.01. The Hall–Kier alpha value is -1.96. The summed E-state index contributed by atoms with van der Waals surface area (Å²) in [7, 11) is 0. The van der Waals surface area contributed by atoms with E-state index in [0.717, 1.165) is 16.9 Å². The van der Waals surface area contributed by atoms with Gasteiger partial charge in [0.25, 0.3) is 0 Å². The number of aromatic nitrogens is 1. The van der Waals surface area contributed by atoms with Crippen molar-refractivity contribution in [2.45, 2.75) is 12.2 Å². The number of carbonyl (C=O) groups is 1. The van der Waals surface area contributed by atoms with Gasteiger partial charge in [0.1, 0.15) is 6.10 Å². The number of amides is 1. The number of nitrogens with one attached hydrogen (secondary N) is 1. The fraction of sp³-hybridized carbons (Fsp3) is 0.167. The molecule has 0 saturated heterocycles. The van der Waals surface area contributed by atoms with Crippen LogP contribution >= 0.6 is 11.3 Å². The highest BCUT2D eigenvalue weighted by Crippen LogP contribution is 2.22. The van der Waals surface area contributed by atoms with Gasteiger partial charge in [-0.15, -0.1) is 0 Å². The van der Waals surface area contributed by atoms with Gasteiger partial charge < -0.3 is 20.9 Å². The Morgan fingerprint density at radius 3 is 2.37 bits per heavy atom. The zero-order valence-corrected chi connectivity index (χ0v) is 10.6. The van der Waals surface area contributed by atoms with Crippen molar-refractivity contribution in [3.8, 4) is 11.3 Å². The van der Waals surface area contributed by atoms with E-state index in [0.29, 0.717) is 11.3 Å². The summed E-state index contributed by atoms with van der Waals surface area (Å²) in [6, 6.07) is 6.46. The summed E-state index contributed by atoms with van der Waals surface area (Å²) in [4.78, 5) is 24.3. The first-order valence-corrected chi connectivity index (χ1v) is 6.30. The number of thiazole rings is 1. The first-order chi connectivity index (χ1) is 8.99. The summed E-state index contributed by atoms with van der Waals surface area (Å²) in [5.74, 6) is -0.987. The molecule has 7 heteroatoms. The van der Waals surface area contributed by atoms with E-state index in [2.05, 4.69) is 4.98 Å². The molecule has 1 amide bonds. The smallest absolute Gasteiger partial charge is 0.304 e. The number of hydrogen-bond donors (Lipinski definition) is 4. The molecular formula is C12H12N2O4S. The Labute approximate surface area is 112 Å². The molecule has 0 fully saturated rings. The van der Waals surface area contributed by atoms with Crippen molar-refractivity contribution >= 4 is 17.2 Å². The molecule has 1 heterocycles. The van der Waals surface area contributed by atoms with Crippen LogP contribution in [0.2, 0.25) is 0 Å². The summed E-state index contributed by atoms with van der Waals surface area (Å²) < 4.78 is 0. The molecule has 100 valence electrons. The van der Waals surface area contributed by atoms with Crippen LogP contribution in [-0.4, -0.2) is 27.2 Å². The molecule has 0 radical (unpaired) electrons. The van der Waals surface area contributed by atoms with Crippen molar-refractivity contribution in [1.29, 1.82) is 0 Å². The molecule has 5 N–H and O–H groups in total. The molecular weight excluding hydrogens is 268 g/mol. The number of hydrogen-bond acceptors (Lipinski definition) is 5. The van der Waals surface area contributed by atoms with Crippen LogP contribution in [0.15, 0.2) is 34.4 Å². The molecule has 2 atom stereocenters. The predicted molar refractivity (Wildman–Crippen MR) is 70.5 cm³/mol.